The average Bonchev–Trinajstić information content (AvgIpc) is 2.46. The Morgan fingerprint density at radius 1 is 1.30 bits per heavy atom. The molecule has 0 aromatic heterocycles. The lowest BCUT2D eigenvalue weighted by atomic mass is 10.1. The number of hydrogen-bond acceptors (Lipinski definition) is 3. The van der Waals surface area contributed by atoms with Crippen LogP contribution in [0.5, 0.6) is 5.75 Å². The maximum absolute atomic E-state index is 13.7. The number of para-hydroxylation sites is 1. The molecular weight excluding hydrogens is 279 g/mol. The van der Waals surface area contributed by atoms with Gasteiger partial charge in [-0.05, 0) is 29.8 Å². The smallest absolute Gasteiger partial charge is 0.165 e. The van der Waals surface area contributed by atoms with Gasteiger partial charge in [-0.2, -0.15) is 5.26 Å². The zero-order valence-corrected chi connectivity index (χ0v) is 11.5. The second-order valence-corrected chi connectivity index (χ2v) is 4.49. The number of nitrogens with zero attached hydrogens (tertiary/aromatic N) is 1. The van der Waals surface area contributed by atoms with Crippen LogP contribution in [0.25, 0.3) is 0 Å². The summed E-state index contributed by atoms with van der Waals surface area (Å²) in [5.74, 6) is -0.366. The van der Waals surface area contributed by atoms with Crippen LogP contribution in [0, 0.1) is 17.1 Å². The van der Waals surface area contributed by atoms with E-state index in [0.717, 1.165) is 0 Å². The van der Waals surface area contributed by atoms with Crippen LogP contribution in [-0.4, -0.2) is 7.11 Å². The van der Waals surface area contributed by atoms with Crippen molar-refractivity contribution >= 4 is 17.3 Å². The molecule has 2 aromatic rings. The summed E-state index contributed by atoms with van der Waals surface area (Å²) >= 11 is 6.03. The predicted octanol–water partition coefficient (Wildman–Crippen LogP) is 4.16. The Balaban J connectivity index is 2.27. The lowest BCUT2D eigenvalue weighted by Gasteiger charge is -2.15. The van der Waals surface area contributed by atoms with E-state index in [1.807, 2.05) is 0 Å². The quantitative estimate of drug-likeness (QED) is 0.919. The molecule has 0 heterocycles. The monoisotopic (exact) mass is 290 g/mol. The second kappa shape index (κ2) is 6.27. The van der Waals surface area contributed by atoms with Crippen LogP contribution in [-0.2, 0) is 0 Å². The van der Waals surface area contributed by atoms with Crippen LogP contribution < -0.4 is 10.1 Å². The van der Waals surface area contributed by atoms with Gasteiger partial charge in [-0.1, -0.05) is 29.8 Å². The van der Waals surface area contributed by atoms with E-state index in [9.17, 15) is 9.65 Å². The SMILES string of the molecule is COc1ccc(C(C#N)Nc2ccccc2Cl)cc1F. The van der Waals surface area contributed by atoms with Gasteiger partial charge in [0.2, 0.25) is 0 Å². The van der Waals surface area contributed by atoms with Gasteiger partial charge in [0.1, 0.15) is 6.04 Å². The molecule has 1 N–H and O–H groups in total. The van der Waals surface area contributed by atoms with Crippen molar-refractivity contribution in [1.82, 2.24) is 0 Å². The number of hydrogen-bond donors (Lipinski definition) is 1. The number of rotatable bonds is 4. The van der Waals surface area contributed by atoms with Crippen LogP contribution in [0.1, 0.15) is 11.6 Å². The zero-order chi connectivity index (χ0) is 14.5. The molecule has 0 saturated carbocycles. The first-order valence-corrected chi connectivity index (χ1v) is 6.27. The van der Waals surface area contributed by atoms with E-state index in [0.29, 0.717) is 16.3 Å². The minimum Gasteiger partial charge on any atom is -0.494 e. The molecule has 0 fully saturated rings. The molecule has 5 heteroatoms. The number of anilines is 1. The van der Waals surface area contributed by atoms with Crippen LogP contribution in [0.3, 0.4) is 0 Å². The number of benzene rings is 2. The Hall–Kier alpha value is -2.25. The summed E-state index contributed by atoms with van der Waals surface area (Å²) in [4.78, 5) is 0. The van der Waals surface area contributed by atoms with Crippen molar-refractivity contribution in [2.45, 2.75) is 6.04 Å². The first-order chi connectivity index (χ1) is 9.65. The van der Waals surface area contributed by atoms with E-state index < -0.39 is 11.9 Å². The molecule has 0 bridgehead atoms. The number of methoxy groups -OCH3 is 1. The van der Waals surface area contributed by atoms with Crippen molar-refractivity contribution in [3.05, 3.63) is 58.9 Å². The van der Waals surface area contributed by atoms with Gasteiger partial charge in [-0.25, -0.2) is 4.39 Å². The Morgan fingerprint density at radius 3 is 2.65 bits per heavy atom. The van der Waals surface area contributed by atoms with Crippen LogP contribution in [0.15, 0.2) is 42.5 Å². The average molecular weight is 291 g/mol. The van der Waals surface area contributed by atoms with Gasteiger partial charge >= 0.3 is 0 Å². The summed E-state index contributed by atoms with van der Waals surface area (Å²) in [5.41, 5.74) is 1.13. The lowest BCUT2D eigenvalue weighted by Crippen LogP contribution is -2.09. The fourth-order valence-electron chi connectivity index (χ4n) is 1.79. The van der Waals surface area contributed by atoms with Crippen molar-refractivity contribution in [2.24, 2.45) is 0 Å². The maximum Gasteiger partial charge on any atom is 0.165 e. The number of halogens is 2. The summed E-state index contributed by atoms with van der Waals surface area (Å²) in [6.07, 6.45) is 0. The van der Waals surface area contributed by atoms with Gasteiger partial charge in [-0.3, -0.25) is 0 Å². The van der Waals surface area contributed by atoms with Gasteiger partial charge in [0.05, 0.1) is 23.9 Å². The van der Waals surface area contributed by atoms with Crippen molar-refractivity contribution < 1.29 is 9.13 Å². The van der Waals surface area contributed by atoms with E-state index in [4.69, 9.17) is 16.3 Å². The molecule has 2 rings (SSSR count). The summed E-state index contributed by atoms with van der Waals surface area (Å²) in [6, 6.07) is 12.9. The first-order valence-electron chi connectivity index (χ1n) is 5.90. The molecule has 20 heavy (non-hydrogen) atoms. The summed E-state index contributed by atoms with van der Waals surface area (Å²) in [7, 11) is 1.39. The van der Waals surface area contributed by atoms with Crippen molar-refractivity contribution in [3.63, 3.8) is 0 Å². The molecule has 0 radical (unpaired) electrons. The van der Waals surface area contributed by atoms with E-state index in [1.54, 1.807) is 30.3 Å². The van der Waals surface area contributed by atoms with Gasteiger partial charge in [0.15, 0.2) is 11.6 Å². The van der Waals surface area contributed by atoms with Crippen LogP contribution in [0.4, 0.5) is 10.1 Å². The summed E-state index contributed by atoms with van der Waals surface area (Å²) in [5, 5.41) is 12.7. The van der Waals surface area contributed by atoms with Gasteiger partial charge < -0.3 is 10.1 Å². The number of nitrogens with one attached hydrogen (secondary N) is 1. The third kappa shape index (κ3) is 3.01. The molecular formula is C15H12ClFN2O. The molecule has 0 saturated heterocycles. The summed E-state index contributed by atoms with van der Waals surface area (Å²) < 4.78 is 18.5. The normalized spacial score (nSPS) is 11.5. The molecule has 0 amide bonds. The Labute approximate surface area is 121 Å². The molecule has 0 aliphatic heterocycles. The lowest BCUT2D eigenvalue weighted by molar-refractivity contribution is 0.386. The Morgan fingerprint density at radius 2 is 2.05 bits per heavy atom. The zero-order valence-electron chi connectivity index (χ0n) is 10.7. The highest BCUT2D eigenvalue weighted by Gasteiger charge is 2.14. The highest BCUT2D eigenvalue weighted by Crippen LogP contribution is 2.27. The first kappa shape index (κ1) is 14.2. The standard InChI is InChI=1S/C15H12ClFN2O/c1-20-15-7-6-10(8-12(15)17)14(9-18)19-13-5-3-2-4-11(13)16/h2-8,14,19H,1H3. The highest BCUT2D eigenvalue weighted by molar-refractivity contribution is 6.33. The van der Waals surface area contributed by atoms with E-state index >= 15 is 0 Å². The molecule has 102 valence electrons. The van der Waals surface area contributed by atoms with Crippen LogP contribution >= 0.6 is 11.6 Å². The largest absolute Gasteiger partial charge is 0.494 e. The predicted molar refractivity (Wildman–Crippen MR) is 76.4 cm³/mol. The Kier molecular flexibility index (Phi) is 4.44. The highest BCUT2D eigenvalue weighted by atomic mass is 35.5. The fourth-order valence-corrected chi connectivity index (χ4v) is 1.98. The third-order valence-corrected chi connectivity index (χ3v) is 3.14. The molecule has 1 atom stereocenters. The van der Waals surface area contributed by atoms with Crippen LogP contribution in [0.2, 0.25) is 5.02 Å². The van der Waals surface area contributed by atoms with Crippen molar-refractivity contribution in [1.29, 1.82) is 5.26 Å². The summed E-state index contributed by atoms with van der Waals surface area (Å²) in [6.45, 7) is 0. The van der Waals surface area contributed by atoms with E-state index in [-0.39, 0.29) is 5.75 Å². The van der Waals surface area contributed by atoms with Crippen molar-refractivity contribution in [2.75, 3.05) is 12.4 Å². The Bertz CT molecular complexity index is 655. The van der Waals surface area contributed by atoms with Gasteiger partial charge in [0, 0.05) is 0 Å². The molecule has 2 aromatic carbocycles. The molecule has 3 nitrogen and oxygen atoms in total. The topological polar surface area (TPSA) is 45.0 Å². The maximum atomic E-state index is 13.7. The molecule has 1 unspecified atom stereocenters. The number of ether oxygens (including phenoxy) is 1. The second-order valence-electron chi connectivity index (χ2n) is 4.08. The molecule has 0 spiro atoms. The fraction of sp³-hybridized carbons (Fsp3) is 0.133. The third-order valence-electron chi connectivity index (χ3n) is 2.81. The van der Waals surface area contributed by atoms with Gasteiger partial charge in [0.25, 0.3) is 0 Å². The minimum absolute atomic E-state index is 0.142. The van der Waals surface area contributed by atoms with E-state index in [1.165, 1.54) is 19.2 Å². The van der Waals surface area contributed by atoms with E-state index in [2.05, 4.69) is 11.4 Å². The molecule has 0 aliphatic rings. The molecule has 0 aliphatic carbocycles. The van der Waals surface area contributed by atoms with Crippen molar-refractivity contribution in [3.8, 4) is 11.8 Å². The number of nitriles is 1. The minimum atomic E-state index is -0.699. The van der Waals surface area contributed by atoms with Gasteiger partial charge in [-0.15, -0.1) is 0 Å².